The lowest BCUT2D eigenvalue weighted by molar-refractivity contribution is -0.870. The number of quaternary nitrogens is 1. The number of nitro benzene ring substituents is 1. The molecule has 11 heteroatoms. The van der Waals surface area contributed by atoms with Crippen LogP contribution in [0.4, 0.5) is 5.69 Å². The molecule has 1 rings (SSSR count). The van der Waals surface area contributed by atoms with E-state index in [1.54, 1.807) is 0 Å². The third-order valence-corrected chi connectivity index (χ3v) is 4.59. The van der Waals surface area contributed by atoms with Crippen LogP contribution in [-0.4, -0.2) is 61.2 Å². The fourth-order valence-electron chi connectivity index (χ4n) is 2.01. The van der Waals surface area contributed by atoms with E-state index in [1.807, 2.05) is 21.1 Å². The van der Waals surface area contributed by atoms with Crippen molar-refractivity contribution in [2.75, 3.05) is 40.9 Å². The molecule has 0 aliphatic heterocycles. The van der Waals surface area contributed by atoms with Gasteiger partial charge in [0, 0.05) is 18.6 Å². The largest absolute Gasteiger partial charge is 0.472 e. The summed E-state index contributed by atoms with van der Waals surface area (Å²) in [6.07, 6.45) is 1.78. The summed E-state index contributed by atoms with van der Waals surface area (Å²) in [5.41, 5.74) is -0.0811. The maximum absolute atomic E-state index is 11.7. The van der Waals surface area contributed by atoms with Crippen molar-refractivity contribution >= 4 is 19.5 Å². The van der Waals surface area contributed by atoms with Crippen LogP contribution >= 0.6 is 7.82 Å². The van der Waals surface area contributed by atoms with Crippen molar-refractivity contribution in [1.29, 1.82) is 0 Å². The third-order valence-electron chi connectivity index (χ3n) is 3.58. The van der Waals surface area contributed by atoms with Gasteiger partial charge >= 0.3 is 13.8 Å². The molecule has 0 heterocycles. The van der Waals surface area contributed by atoms with Crippen LogP contribution in [0.5, 0.6) is 5.75 Å². The van der Waals surface area contributed by atoms with Gasteiger partial charge in [0.25, 0.3) is 5.69 Å². The van der Waals surface area contributed by atoms with Crippen molar-refractivity contribution in [2.45, 2.75) is 25.7 Å². The zero-order chi connectivity index (χ0) is 21.2. The van der Waals surface area contributed by atoms with Crippen molar-refractivity contribution < 1.29 is 37.4 Å². The lowest BCUT2D eigenvalue weighted by atomic mass is 10.2. The second-order valence-electron chi connectivity index (χ2n) is 7.18. The number of phosphoric ester groups is 1. The molecule has 28 heavy (non-hydrogen) atoms. The number of carbonyl (C=O) groups is 1. The van der Waals surface area contributed by atoms with Gasteiger partial charge < -0.3 is 14.1 Å². The molecule has 0 bridgehead atoms. The summed E-state index contributed by atoms with van der Waals surface area (Å²) in [5, 5.41) is 10.6. The number of carbonyl (C=O) groups excluding carboxylic acids is 1. The Hall–Kier alpha value is -1.84. The maximum Gasteiger partial charge on any atom is 0.472 e. The molecular formula is C17H28N2O8P+. The Bertz CT molecular complexity index is 687. The van der Waals surface area contributed by atoms with Crippen LogP contribution in [0.25, 0.3) is 0 Å². The van der Waals surface area contributed by atoms with Crippen molar-refractivity contribution in [1.82, 2.24) is 0 Å². The second-order valence-corrected chi connectivity index (χ2v) is 8.64. The smallest absolute Gasteiger partial charge is 0.427 e. The number of phosphoric acid groups is 1. The van der Waals surface area contributed by atoms with Gasteiger partial charge in [-0.05, 0) is 25.0 Å². The average Bonchev–Trinajstić information content (AvgIpc) is 2.57. The van der Waals surface area contributed by atoms with Gasteiger partial charge in [-0.3, -0.25) is 24.0 Å². The van der Waals surface area contributed by atoms with Gasteiger partial charge in [-0.2, -0.15) is 0 Å². The van der Waals surface area contributed by atoms with E-state index in [0.29, 0.717) is 30.3 Å². The fraction of sp³-hybridized carbons (Fsp3) is 0.588. The first kappa shape index (κ1) is 24.2. The summed E-state index contributed by atoms with van der Waals surface area (Å²) in [6.45, 7) is 0.742. The Kier molecular flexibility index (Phi) is 9.71. The van der Waals surface area contributed by atoms with Crippen molar-refractivity contribution in [3.05, 3.63) is 34.4 Å². The molecule has 0 aromatic heterocycles. The predicted molar refractivity (Wildman–Crippen MR) is 102 cm³/mol. The van der Waals surface area contributed by atoms with Crippen molar-refractivity contribution in [3.8, 4) is 5.75 Å². The van der Waals surface area contributed by atoms with E-state index >= 15 is 0 Å². The first-order chi connectivity index (χ1) is 13.0. The molecule has 1 aromatic rings. The monoisotopic (exact) mass is 419 g/mol. The van der Waals surface area contributed by atoms with Crippen LogP contribution < -0.4 is 4.74 Å². The molecule has 0 amide bonds. The SMILES string of the molecule is C[N+](C)(C)CCOP(=O)(O)OCCCCCC(=O)Oc1ccc([N+](=O)[O-])cc1. The lowest BCUT2D eigenvalue weighted by Gasteiger charge is -2.24. The zero-order valence-electron chi connectivity index (χ0n) is 16.4. The highest BCUT2D eigenvalue weighted by Gasteiger charge is 2.22. The van der Waals surface area contributed by atoms with Gasteiger partial charge in [0.15, 0.2) is 0 Å². The number of hydrogen-bond donors (Lipinski definition) is 1. The standard InChI is InChI=1S/C17H27N2O8P/c1-19(2,3)12-14-26-28(23,24)25-13-6-4-5-7-17(20)27-16-10-8-15(9-11-16)18(21)22/h8-11H,4-7,12-14H2,1-3H3/p+1. The van der Waals surface area contributed by atoms with E-state index in [2.05, 4.69) is 0 Å². The van der Waals surface area contributed by atoms with Crippen molar-refractivity contribution in [3.63, 3.8) is 0 Å². The number of nitrogens with zero attached hydrogens (tertiary/aromatic N) is 2. The minimum absolute atomic E-state index is 0.0511. The van der Waals surface area contributed by atoms with Gasteiger partial charge in [0.1, 0.15) is 18.9 Å². The quantitative estimate of drug-likeness (QED) is 0.0984. The van der Waals surface area contributed by atoms with Gasteiger partial charge in [-0.1, -0.05) is 6.42 Å². The Labute approximate surface area is 164 Å². The molecule has 0 radical (unpaired) electrons. The molecular weight excluding hydrogens is 391 g/mol. The van der Waals surface area contributed by atoms with E-state index in [0.717, 1.165) is 0 Å². The fourth-order valence-corrected chi connectivity index (χ4v) is 2.76. The Morgan fingerprint density at radius 3 is 2.29 bits per heavy atom. The van der Waals surface area contributed by atoms with Crippen LogP contribution in [0.3, 0.4) is 0 Å². The molecule has 158 valence electrons. The summed E-state index contributed by atoms with van der Waals surface area (Å²) < 4.78 is 27.2. The minimum atomic E-state index is -4.05. The van der Waals surface area contributed by atoms with Crippen molar-refractivity contribution in [2.24, 2.45) is 0 Å². The van der Waals surface area contributed by atoms with E-state index in [1.165, 1.54) is 24.3 Å². The summed E-state index contributed by atoms with van der Waals surface area (Å²) in [5.74, 6) is -0.211. The molecule has 0 aliphatic carbocycles. The van der Waals surface area contributed by atoms with Crippen LogP contribution in [0.15, 0.2) is 24.3 Å². The van der Waals surface area contributed by atoms with Gasteiger partial charge in [-0.15, -0.1) is 0 Å². The van der Waals surface area contributed by atoms with Crippen LogP contribution in [0, 0.1) is 10.1 Å². The highest BCUT2D eigenvalue weighted by atomic mass is 31.2. The highest BCUT2D eigenvalue weighted by molar-refractivity contribution is 7.47. The molecule has 0 spiro atoms. The number of hydrogen-bond acceptors (Lipinski definition) is 7. The predicted octanol–water partition coefficient (Wildman–Crippen LogP) is 2.90. The number of esters is 1. The maximum atomic E-state index is 11.7. The highest BCUT2D eigenvalue weighted by Crippen LogP contribution is 2.43. The van der Waals surface area contributed by atoms with Crippen LogP contribution in [-0.2, 0) is 18.4 Å². The molecule has 1 N–H and O–H groups in total. The summed E-state index contributed by atoms with van der Waals surface area (Å²) >= 11 is 0. The van der Waals surface area contributed by atoms with Crippen LogP contribution in [0.2, 0.25) is 0 Å². The Balaban J connectivity index is 2.15. The molecule has 1 unspecified atom stereocenters. The number of non-ortho nitro benzene ring substituents is 1. The number of benzene rings is 1. The van der Waals surface area contributed by atoms with Gasteiger partial charge in [0.2, 0.25) is 0 Å². The lowest BCUT2D eigenvalue weighted by Crippen LogP contribution is -2.37. The normalized spacial score (nSPS) is 13.7. The summed E-state index contributed by atoms with van der Waals surface area (Å²) in [7, 11) is 1.78. The first-order valence-electron chi connectivity index (χ1n) is 8.86. The zero-order valence-corrected chi connectivity index (χ0v) is 17.3. The van der Waals surface area contributed by atoms with E-state index < -0.39 is 18.7 Å². The van der Waals surface area contributed by atoms with E-state index in [4.69, 9.17) is 13.8 Å². The van der Waals surface area contributed by atoms with Crippen LogP contribution in [0.1, 0.15) is 25.7 Å². The number of ether oxygens (including phenoxy) is 1. The number of rotatable bonds is 13. The molecule has 0 aliphatic rings. The molecule has 10 nitrogen and oxygen atoms in total. The molecule has 0 saturated carbocycles. The number of nitro groups is 1. The topological polar surface area (TPSA) is 125 Å². The summed E-state index contributed by atoms with van der Waals surface area (Å²) in [6, 6.07) is 5.24. The first-order valence-corrected chi connectivity index (χ1v) is 10.4. The average molecular weight is 419 g/mol. The Morgan fingerprint density at radius 1 is 1.11 bits per heavy atom. The molecule has 0 saturated heterocycles. The van der Waals surface area contributed by atoms with E-state index in [-0.39, 0.29) is 31.1 Å². The number of unbranched alkanes of at least 4 members (excludes halogenated alkanes) is 2. The number of likely N-dealkylation sites (N-methyl/N-ethyl adjacent to an activating group) is 1. The third kappa shape index (κ3) is 11.1. The second kappa shape index (κ2) is 11.2. The molecule has 1 atom stereocenters. The van der Waals surface area contributed by atoms with Gasteiger partial charge in [0.05, 0.1) is 32.7 Å². The van der Waals surface area contributed by atoms with Gasteiger partial charge in [-0.25, -0.2) is 4.57 Å². The molecule has 0 fully saturated rings. The Morgan fingerprint density at radius 2 is 1.71 bits per heavy atom. The van der Waals surface area contributed by atoms with E-state index in [9.17, 15) is 24.4 Å². The molecule has 1 aromatic carbocycles. The summed E-state index contributed by atoms with van der Waals surface area (Å²) in [4.78, 5) is 31.3. The minimum Gasteiger partial charge on any atom is -0.427 e.